The SMILES string of the molecule is CC1=NC(=O)c2c[nH]c(O)c21. The number of rotatable bonds is 0. The van der Waals surface area contributed by atoms with E-state index >= 15 is 0 Å². The predicted octanol–water partition coefficient (Wildman–Crippen LogP) is 0.683. The normalized spacial score (nSPS) is 15.0. The molecule has 0 saturated heterocycles. The van der Waals surface area contributed by atoms with Crippen LogP contribution in [0.5, 0.6) is 5.88 Å². The number of aliphatic imine (C=N–C) groups is 1. The average Bonchev–Trinajstić information content (AvgIpc) is 2.41. The minimum absolute atomic E-state index is 0.0205. The number of carbonyl (C=O) groups excluding carboxylic acids is 1. The van der Waals surface area contributed by atoms with Crippen molar-refractivity contribution in [3.05, 3.63) is 17.3 Å². The number of aromatic hydroxyl groups is 1. The number of hydrogen-bond donors (Lipinski definition) is 2. The van der Waals surface area contributed by atoms with Gasteiger partial charge in [-0.1, -0.05) is 0 Å². The van der Waals surface area contributed by atoms with Crippen LogP contribution >= 0.6 is 0 Å². The highest BCUT2D eigenvalue weighted by Gasteiger charge is 2.24. The van der Waals surface area contributed by atoms with Gasteiger partial charge >= 0.3 is 0 Å². The molecule has 1 aliphatic rings. The molecule has 0 spiro atoms. The van der Waals surface area contributed by atoms with E-state index in [-0.39, 0.29) is 11.8 Å². The predicted molar refractivity (Wildman–Crippen MR) is 39.0 cm³/mol. The van der Waals surface area contributed by atoms with Gasteiger partial charge in [-0.05, 0) is 6.92 Å². The van der Waals surface area contributed by atoms with E-state index < -0.39 is 0 Å². The van der Waals surface area contributed by atoms with Gasteiger partial charge in [-0.25, -0.2) is 4.99 Å². The van der Waals surface area contributed by atoms with Crippen LogP contribution in [-0.2, 0) is 0 Å². The smallest absolute Gasteiger partial charge is 0.279 e. The zero-order valence-electron chi connectivity index (χ0n) is 5.88. The van der Waals surface area contributed by atoms with Crippen molar-refractivity contribution in [2.75, 3.05) is 0 Å². The molecule has 0 bridgehead atoms. The van der Waals surface area contributed by atoms with Crippen LogP contribution in [0, 0.1) is 0 Å². The van der Waals surface area contributed by atoms with Crippen molar-refractivity contribution >= 4 is 11.6 Å². The van der Waals surface area contributed by atoms with Gasteiger partial charge in [0.25, 0.3) is 5.91 Å². The maximum atomic E-state index is 11.0. The quantitative estimate of drug-likeness (QED) is 0.571. The van der Waals surface area contributed by atoms with Crippen LogP contribution in [0.3, 0.4) is 0 Å². The molecule has 56 valence electrons. The summed E-state index contributed by atoms with van der Waals surface area (Å²) >= 11 is 0. The van der Waals surface area contributed by atoms with E-state index in [1.807, 2.05) is 0 Å². The monoisotopic (exact) mass is 150 g/mol. The lowest BCUT2D eigenvalue weighted by atomic mass is 10.2. The Balaban J connectivity index is 2.75. The van der Waals surface area contributed by atoms with Crippen LogP contribution in [0.1, 0.15) is 22.8 Å². The van der Waals surface area contributed by atoms with E-state index in [0.717, 1.165) is 0 Å². The standard InChI is InChI=1S/C7H6N2O2/c1-3-5-4(6(10)9-3)2-8-7(5)11/h2,8,11H,1H3. The Morgan fingerprint density at radius 3 is 3.00 bits per heavy atom. The largest absolute Gasteiger partial charge is 0.494 e. The Bertz CT molecular complexity index is 363. The first-order chi connectivity index (χ1) is 5.20. The van der Waals surface area contributed by atoms with E-state index in [1.165, 1.54) is 6.20 Å². The second kappa shape index (κ2) is 1.72. The second-order valence-electron chi connectivity index (χ2n) is 2.43. The number of fused-ring (bicyclic) bond motifs is 1. The summed E-state index contributed by atoms with van der Waals surface area (Å²) in [5.41, 5.74) is 1.57. The van der Waals surface area contributed by atoms with E-state index in [9.17, 15) is 9.90 Å². The zero-order valence-corrected chi connectivity index (χ0v) is 5.88. The fraction of sp³-hybridized carbons (Fsp3) is 0.143. The van der Waals surface area contributed by atoms with Crippen molar-refractivity contribution in [2.24, 2.45) is 4.99 Å². The van der Waals surface area contributed by atoms with Crippen LogP contribution in [0.4, 0.5) is 0 Å². The Morgan fingerprint density at radius 1 is 1.64 bits per heavy atom. The van der Waals surface area contributed by atoms with Crippen molar-refractivity contribution in [1.29, 1.82) is 0 Å². The molecule has 1 aromatic rings. The van der Waals surface area contributed by atoms with Crippen molar-refractivity contribution in [1.82, 2.24) is 4.98 Å². The van der Waals surface area contributed by atoms with E-state index in [2.05, 4.69) is 9.98 Å². The molecule has 1 aliphatic heterocycles. The van der Waals surface area contributed by atoms with Crippen molar-refractivity contribution in [2.45, 2.75) is 6.92 Å². The molecule has 4 heteroatoms. The molecular formula is C7H6N2O2. The molecule has 0 atom stereocenters. The van der Waals surface area contributed by atoms with Gasteiger partial charge in [0.2, 0.25) is 0 Å². The third kappa shape index (κ3) is 0.633. The molecule has 2 heterocycles. The molecule has 2 rings (SSSR count). The number of nitrogens with zero attached hydrogens (tertiary/aromatic N) is 1. The third-order valence-electron chi connectivity index (χ3n) is 1.72. The summed E-state index contributed by atoms with van der Waals surface area (Å²) in [6.07, 6.45) is 1.47. The minimum atomic E-state index is -0.283. The Hall–Kier alpha value is -1.58. The summed E-state index contributed by atoms with van der Waals surface area (Å²) in [4.78, 5) is 17.2. The molecule has 11 heavy (non-hydrogen) atoms. The summed E-state index contributed by atoms with van der Waals surface area (Å²) in [7, 11) is 0. The summed E-state index contributed by atoms with van der Waals surface area (Å²) in [6, 6.07) is 0. The molecule has 1 aromatic heterocycles. The molecule has 2 N–H and O–H groups in total. The van der Waals surface area contributed by atoms with Crippen molar-refractivity contribution < 1.29 is 9.90 Å². The number of H-pyrrole nitrogens is 1. The molecular weight excluding hydrogens is 144 g/mol. The zero-order chi connectivity index (χ0) is 8.01. The summed E-state index contributed by atoms with van der Waals surface area (Å²) in [5, 5.41) is 9.17. The first-order valence-electron chi connectivity index (χ1n) is 3.20. The molecule has 0 fully saturated rings. The molecule has 0 unspecified atom stereocenters. The first kappa shape index (κ1) is 6.15. The minimum Gasteiger partial charge on any atom is -0.494 e. The van der Waals surface area contributed by atoms with Crippen LogP contribution < -0.4 is 0 Å². The lowest BCUT2D eigenvalue weighted by Crippen LogP contribution is -1.87. The number of aromatic amines is 1. The van der Waals surface area contributed by atoms with Crippen LogP contribution in [-0.4, -0.2) is 21.7 Å². The number of amides is 1. The third-order valence-corrected chi connectivity index (χ3v) is 1.72. The second-order valence-corrected chi connectivity index (χ2v) is 2.43. The summed E-state index contributed by atoms with van der Waals surface area (Å²) in [6.45, 7) is 1.69. The Kier molecular flexibility index (Phi) is 0.961. The topological polar surface area (TPSA) is 65.5 Å². The molecule has 1 amide bonds. The molecule has 0 aromatic carbocycles. The highest BCUT2D eigenvalue weighted by Crippen LogP contribution is 2.26. The van der Waals surface area contributed by atoms with Gasteiger partial charge in [-0.2, -0.15) is 0 Å². The van der Waals surface area contributed by atoms with Gasteiger partial charge in [0.1, 0.15) is 0 Å². The van der Waals surface area contributed by atoms with Crippen LogP contribution in [0.15, 0.2) is 11.2 Å². The van der Waals surface area contributed by atoms with Gasteiger partial charge in [-0.15, -0.1) is 0 Å². The first-order valence-corrected chi connectivity index (χ1v) is 3.20. The average molecular weight is 150 g/mol. The molecule has 4 nitrogen and oxygen atoms in total. The fourth-order valence-corrected chi connectivity index (χ4v) is 1.22. The number of carbonyl (C=O) groups is 1. The van der Waals surface area contributed by atoms with Crippen molar-refractivity contribution in [3.8, 4) is 5.88 Å². The highest BCUT2D eigenvalue weighted by atomic mass is 16.3. The fourth-order valence-electron chi connectivity index (χ4n) is 1.22. The maximum Gasteiger partial charge on any atom is 0.279 e. The highest BCUT2D eigenvalue weighted by molar-refractivity contribution is 6.21. The van der Waals surface area contributed by atoms with Crippen LogP contribution in [0.25, 0.3) is 0 Å². The molecule has 0 saturated carbocycles. The van der Waals surface area contributed by atoms with Crippen molar-refractivity contribution in [3.63, 3.8) is 0 Å². The molecule has 0 radical (unpaired) electrons. The van der Waals surface area contributed by atoms with E-state index in [4.69, 9.17) is 0 Å². The number of aromatic nitrogens is 1. The van der Waals surface area contributed by atoms with Gasteiger partial charge in [0, 0.05) is 6.20 Å². The van der Waals surface area contributed by atoms with E-state index in [0.29, 0.717) is 16.8 Å². The number of nitrogens with one attached hydrogen (secondary N) is 1. The molecule has 0 aliphatic carbocycles. The maximum absolute atomic E-state index is 11.0. The Morgan fingerprint density at radius 2 is 2.36 bits per heavy atom. The lowest BCUT2D eigenvalue weighted by molar-refractivity contribution is 0.101. The lowest BCUT2D eigenvalue weighted by Gasteiger charge is -1.89. The number of hydrogen-bond acceptors (Lipinski definition) is 2. The van der Waals surface area contributed by atoms with Gasteiger partial charge in [0.15, 0.2) is 5.88 Å². The van der Waals surface area contributed by atoms with Gasteiger partial charge < -0.3 is 10.1 Å². The Labute approximate surface area is 62.6 Å². The summed E-state index contributed by atoms with van der Waals surface area (Å²) < 4.78 is 0. The van der Waals surface area contributed by atoms with Gasteiger partial charge in [0.05, 0.1) is 16.8 Å². The van der Waals surface area contributed by atoms with Gasteiger partial charge in [-0.3, -0.25) is 4.79 Å². The van der Waals surface area contributed by atoms with Crippen LogP contribution in [0.2, 0.25) is 0 Å². The van der Waals surface area contributed by atoms with E-state index in [1.54, 1.807) is 6.92 Å². The summed E-state index contributed by atoms with van der Waals surface area (Å²) in [5.74, 6) is -0.263.